The second-order valence-electron chi connectivity index (χ2n) is 8.83. The molecule has 1 aliphatic carbocycles. The summed E-state index contributed by atoms with van der Waals surface area (Å²) in [6.45, 7) is 2.29. The van der Waals surface area contributed by atoms with Crippen LogP contribution in [0, 0.1) is 29.0 Å². The average Bonchev–Trinajstić information content (AvgIpc) is 3.38. The van der Waals surface area contributed by atoms with Gasteiger partial charge in [0.2, 0.25) is 0 Å². The fourth-order valence-corrected chi connectivity index (χ4v) is 5.21. The van der Waals surface area contributed by atoms with Crippen LogP contribution < -0.4 is 15.5 Å². The number of nitrogens with zero attached hydrogens (tertiary/aromatic N) is 4. The van der Waals surface area contributed by atoms with Crippen molar-refractivity contribution in [3.8, 4) is 17.2 Å². The van der Waals surface area contributed by atoms with Crippen LogP contribution in [0.3, 0.4) is 0 Å². The van der Waals surface area contributed by atoms with Gasteiger partial charge in [-0.3, -0.25) is 9.88 Å². The average molecular weight is 460 g/mol. The molecule has 0 bridgehead atoms. The molecule has 3 fully saturated rings. The van der Waals surface area contributed by atoms with Crippen molar-refractivity contribution < 1.29 is 18.4 Å². The lowest BCUT2D eigenvalue weighted by molar-refractivity contribution is 0.147. The van der Waals surface area contributed by atoms with Gasteiger partial charge in [-0.15, -0.1) is 0 Å². The number of carbonyl (C=O) groups excluding carboxylic acids is 1. The standard InChI is InChI=1S/C24H21FN6O3/c25-20-7-15(31-12-16(34-23(31)32)9-29-22-5-6-33-30-22)2-3-17(20)14-1-4-21(28-8-14)24(13-26)18-10-27-11-19(18)24/h1-8,16,18-19,27H,9-12H2,(H,29,30)/t16-,18-,19+,24?/m1/s1. The number of hydrogen-bond donors (Lipinski definition) is 2. The maximum atomic E-state index is 15.1. The third-order valence-corrected chi connectivity index (χ3v) is 7.05. The van der Waals surface area contributed by atoms with Crippen molar-refractivity contribution in [3.63, 3.8) is 0 Å². The van der Waals surface area contributed by atoms with Gasteiger partial charge in [-0.05, 0) is 24.3 Å². The number of anilines is 2. The fourth-order valence-electron chi connectivity index (χ4n) is 5.21. The van der Waals surface area contributed by atoms with Crippen LogP contribution >= 0.6 is 0 Å². The molecular formula is C24H21FN6O3. The second kappa shape index (κ2) is 7.81. The molecule has 1 aromatic carbocycles. The van der Waals surface area contributed by atoms with Gasteiger partial charge in [0.1, 0.15) is 23.6 Å². The van der Waals surface area contributed by atoms with E-state index < -0.39 is 23.4 Å². The molecule has 4 heterocycles. The molecule has 1 saturated carbocycles. The quantitative estimate of drug-likeness (QED) is 0.577. The Morgan fingerprint density at radius 3 is 2.79 bits per heavy atom. The second-order valence-corrected chi connectivity index (χ2v) is 8.83. The van der Waals surface area contributed by atoms with Crippen molar-refractivity contribution in [2.75, 3.05) is 36.4 Å². The minimum Gasteiger partial charge on any atom is -0.442 e. The molecule has 2 aliphatic heterocycles. The number of amides is 1. The Morgan fingerprint density at radius 2 is 2.12 bits per heavy atom. The van der Waals surface area contributed by atoms with Crippen LogP contribution in [0.15, 0.2) is 53.4 Å². The third kappa shape index (κ3) is 3.20. The third-order valence-electron chi connectivity index (χ3n) is 7.05. The van der Waals surface area contributed by atoms with Crippen molar-refractivity contribution in [2.24, 2.45) is 11.8 Å². The van der Waals surface area contributed by atoms with Crippen molar-refractivity contribution in [3.05, 3.63) is 60.4 Å². The lowest BCUT2D eigenvalue weighted by atomic mass is 9.96. The van der Waals surface area contributed by atoms with Gasteiger partial charge in [-0.2, -0.15) is 5.26 Å². The number of cyclic esters (lactones) is 1. The summed E-state index contributed by atoms with van der Waals surface area (Å²) in [6.07, 6.45) is 2.12. The largest absolute Gasteiger partial charge is 0.442 e. The van der Waals surface area contributed by atoms with Gasteiger partial charge in [0.25, 0.3) is 0 Å². The number of fused-ring (bicyclic) bond motifs is 1. The molecule has 6 rings (SSSR count). The van der Waals surface area contributed by atoms with Crippen molar-refractivity contribution in [2.45, 2.75) is 11.5 Å². The topological polar surface area (TPSA) is 116 Å². The molecule has 4 atom stereocenters. The zero-order valence-corrected chi connectivity index (χ0v) is 18.1. The van der Waals surface area contributed by atoms with Gasteiger partial charge in [0, 0.05) is 48.3 Å². The Bertz CT molecular complexity index is 1260. The number of halogens is 1. The Kier molecular flexibility index (Phi) is 4.74. The van der Waals surface area contributed by atoms with Crippen molar-refractivity contribution in [1.29, 1.82) is 5.26 Å². The lowest BCUT2D eigenvalue weighted by Crippen LogP contribution is -2.27. The monoisotopic (exact) mass is 460 g/mol. The van der Waals surface area contributed by atoms with E-state index in [2.05, 4.69) is 26.8 Å². The first-order valence-corrected chi connectivity index (χ1v) is 11.1. The van der Waals surface area contributed by atoms with Crippen LogP contribution in [-0.2, 0) is 10.2 Å². The van der Waals surface area contributed by atoms with Gasteiger partial charge in [0.15, 0.2) is 5.82 Å². The number of rotatable bonds is 6. The van der Waals surface area contributed by atoms with Crippen LogP contribution in [0.2, 0.25) is 0 Å². The Morgan fingerprint density at radius 1 is 1.26 bits per heavy atom. The van der Waals surface area contributed by atoms with Crippen LogP contribution in [0.1, 0.15) is 5.69 Å². The van der Waals surface area contributed by atoms with E-state index in [9.17, 15) is 10.1 Å². The van der Waals surface area contributed by atoms with Crippen LogP contribution in [0.25, 0.3) is 11.1 Å². The molecule has 1 unspecified atom stereocenters. The van der Waals surface area contributed by atoms with E-state index in [0.717, 1.165) is 18.8 Å². The highest BCUT2D eigenvalue weighted by atomic mass is 19.1. The number of piperidine rings is 1. The van der Waals surface area contributed by atoms with E-state index in [1.165, 1.54) is 17.2 Å². The van der Waals surface area contributed by atoms with Gasteiger partial charge >= 0.3 is 6.09 Å². The minimum atomic E-state index is -0.531. The normalized spacial score (nSPS) is 27.2. The van der Waals surface area contributed by atoms with E-state index in [4.69, 9.17) is 9.26 Å². The summed E-state index contributed by atoms with van der Waals surface area (Å²) in [5.74, 6) is 0.669. The van der Waals surface area contributed by atoms with E-state index in [0.29, 0.717) is 41.0 Å². The zero-order chi connectivity index (χ0) is 23.3. The van der Waals surface area contributed by atoms with Gasteiger partial charge in [-0.1, -0.05) is 11.2 Å². The highest BCUT2D eigenvalue weighted by molar-refractivity contribution is 5.90. The smallest absolute Gasteiger partial charge is 0.414 e. The summed E-state index contributed by atoms with van der Waals surface area (Å²) in [5.41, 5.74) is 1.63. The number of aromatic nitrogens is 2. The first-order valence-electron chi connectivity index (χ1n) is 11.1. The molecule has 2 aromatic heterocycles. The highest BCUT2D eigenvalue weighted by Gasteiger charge is 2.69. The van der Waals surface area contributed by atoms with Gasteiger partial charge in [-0.25, -0.2) is 9.18 Å². The molecule has 0 spiro atoms. The van der Waals surface area contributed by atoms with E-state index in [1.54, 1.807) is 30.5 Å². The molecule has 0 radical (unpaired) electrons. The Hall–Kier alpha value is -3.97. The molecule has 2 N–H and O–H groups in total. The lowest BCUT2D eigenvalue weighted by Gasteiger charge is -2.15. The van der Waals surface area contributed by atoms with Crippen LogP contribution in [-0.4, -0.2) is 48.5 Å². The molecule has 9 nitrogen and oxygen atoms in total. The van der Waals surface area contributed by atoms with Crippen molar-refractivity contribution >= 4 is 17.6 Å². The molecule has 1 amide bonds. The summed E-state index contributed by atoms with van der Waals surface area (Å²) in [5, 5.41) is 19.8. The van der Waals surface area contributed by atoms with Crippen molar-refractivity contribution in [1.82, 2.24) is 15.5 Å². The molecule has 10 heteroatoms. The molecule has 3 aliphatic rings. The summed E-state index contributed by atoms with van der Waals surface area (Å²) in [7, 11) is 0. The zero-order valence-electron chi connectivity index (χ0n) is 18.1. The Labute approximate surface area is 194 Å². The molecule has 3 aromatic rings. The summed E-state index contributed by atoms with van der Waals surface area (Å²) < 4.78 is 25.2. The first-order chi connectivity index (χ1) is 16.6. The highest BCUT2D eigenvalue weighted by Crippen LogP contribution is 2.60. The maximum absolute atomic E-state index is 15.1. The number of ether oxygens (including phenoxy) is 1. The van der Waals surface area contributed by atoms with Crippen LogP contribution in [0.5, 0.6) is 0 Å². The number of benzene rings is 1. The predicted molar refractivity (Wildman–Crippen MR) is 119 cm³/mol. The Balaban J connectivity index is 1.16. The number of hydrogen-bond acceptors (Lipinski definition) is 8. The predicted octanol–water partition coefficient (Wildman–Crippen LogP) is 2.92. The summed E-state index contributed by atoms with van der Waals surface area (Å²) in [6, 6.07) is 12.4. The van der Waals surface area contributed by atoms with Crippen LogP contribution in [0.4, 0.5) is 20.7 Å². The van der Waals surface area contributed by atoms with Gasteiger partial charge in [0.05, 0.1) is 30.5 Å². The van der Waals surface area contributed by atoms with Gasteiger partial charge < -0.3 is 19.9 Å². The molecular weight excluding hydrogens is 439 g/mol. The summed E-state index contributed by atoms with van der Waals surface area (Å²) in [4.78, 5) is 18.3. The number of nitrogens with one attached hydrogen (secondary N) is 2. The first kappa shape index (κ1) is 20.6. The van der Waals surface area contributed by atoms with E-state index >= 15 is 4.39 Å². The molecule has 2 saturated heterocycles. The number of pyridine rings is 1. The van der Waals surface area contributed by atoms with E-state index in [-0.39, 0.29) is 6.54 Å². The van der Waals surface area contributed by atoms with E-state index in [1.807, 2.05) is 6.07 Å². The number of carbonyl (C=O) groups is 1. The summed E-state index contributed by atoms with van der Waals surface area (Å²) >= 11 is 0. The minimum absolute atomic E-state index is 0.284. The maximum Gasteiger partial charge on any atom is 0.414 e. The fraction of sp³-hybridized carbons (Fsp3) is 0.333. The SMILES string of the molecule is N#CC1(c2ccc(-c3ccc(N4C[C@@H](CNc5ccon5)OC4=O)cc3F)cn2)[C@@H]2CNC[C@@H]21. The number of nitriles is 1. The molecule has 172 valence electrons. The molecule has 34 heavy (non-hydrogen) atoms.